The van der Waals surface area contributed by atoms with Crippen molar-refractivity contribution in [2.45, 2.75) is 13.3 Å². The molecule has 0 aliphatic rings. The number of rotatable bonds is 7. The second-order valence-corrected chi connectivity index (χ2v) is 6.69. The van der Waals surface area contributed by atoms with Gasteiger partial charge in [-0.15, -0.1) is 0 Å². The molecule has 0 spiro atoms. The summed E-state index contributed by atoms with van der Waals surface area (Å²) in [4.78, 5) is 26.6. The number of nitrogens with one attached hydrogen (secondary N) is 2. The minimum atomic E-state index is -0.138. The lowest BCUT2D eigenvalue weighted by Crippen LogP contribution is -2.31. The number of para-hydroxylation sites is 2. The third-order valence-electron chi connectivity index (χ3n) is 4.86. The summed E-state index contributed by atoms with van der Waals surface area (Å²) in [6, 6.07) is 19.5. The van der Waals surface area contributed by atoms with Crippen LogP contribution in [0.4, 0.5) is 11.6 Å². The van der Waals surface area contributed by atoms with Gasteiger partial charge in [0, 0.05) is 42.1 Å². The molecular formula is C23H23N5O. The van der Waals surface area contributed by atoms with E-state index in [1.54, 1.807) is 17.2 Å². The quantitative estimate of drug-likeness (QED) is 0.498. The van der Waals surface area contributed by atoms with Crippen molar-refractivity contribution < 1.29 is 4.79 Å². The Morgan fingerprint density at radius 3 is 2.69 bits per heavy atom. The predicted octanol–water partition coefficient (Wildman–Crippen LogP) is 4.28. The highest BCUT2D eigenvalue weighted by Gasteiger charge is 2.17. The molecule has 0 fully saturated rings. The Morgan fingerprint density at radius 1 is 1.07 bits per heavy atom. The summed E-state index contributed by atoms with van der Waals surface area (Å²) >= 11 is 0. The van der Waals surface area contributed by atoms with Gasteiger partial charge in [0.1, 0.15) is 5.69 Å². The van der Waals surface area contributed by atoms with E-state index in [1.807, 2.05) is 55.6 Å². The largest absolute Gasteiger partial charge is 0.361 e. The molecule has 0 bridgehead atoms. The SMILES string of the molecule is CCN(C(=O)c1ccnc(NCCc2c[nH]c3ccccc23)n1)c1ccccc1. The normalized spacial score (nSPS) is 10.8. The first-order chi connectivity index (χ1) is 14.3. The Kier molecular flexibility index (Phi) is 5.52. The molecule has 6 heteroatoms. The number of nitrogens with zero attached hydrogens (tertiary/aromatic N) is 3. The van der Waals surface area contributed by atoms with Crippen LogP contribution in [0.3, 0.4) is 0 Å². The number of benzene rings is 2. The van der Waals surface area contributed by atoms with E-state index in [9.17, 15) is 4.79 Å². The maximum Gasteiger partial charge on any atom is 0.277 e. The van der Waals surface area contributed by atoms with Crippen molar-refractivity contribution in [3.05, 3.63) is 84.3 Å². The Bertz CT molecular complexity index is 1110. The van der Waals surface area contributed by atoms with Crippen molar-refractivity contribution in [2.75, 3.05) is 23.3 Å². The van der Waals surface area contributed by atoms with Crippen molar-refractivity contribution in [3.63, 3.8) is 0 Å². The summed E-state index contributed by atoms with van der Waals surface area (Å²) < 4.78 is 0. The van der Waals surface area contributed by atoms with Gasteiger partial charge in [-0.05, 0) is 43.2 Å². The van der Waals surface area contributed by atoms with Gasteiger partial charge < -0.3 is 15.2 Å². The molecule has 2 aromatic carbocycles. The van der Waals surface area contributed by atoms with Crippen LogP contribution in [-0.4, -0.2) is 33.9 Å². The second-order valence-electron chi connectivity index (χ2n) is 6.69. The Hall–Kier alpha value is -3.67. The van der Waals surface area contributed by atoms with E-state index in [0.717, 1.165) is 17.6 Å². The first-order valence-corrected chi connectivity index (χ1v) is 9.75. The molecule has 0 saturated heterocycles. The average molecular weight is 385 g/mol. The van der Waals surface area contributed by atoms with E-state index in [-0.39, 0.29) is 5.91 Å². The van der Waals surface area contributed by atoms with Gasteiger partial charge in [0.15, 0.2) is 0 Å². The van der Waals surface area contributed by atoms with Crippen LogP contribution in [0.2, 0.25) is 0 Å². The molecule has 6 nitrogen and oxygen atoms in total. The lowest BCUT2D eigenvalue weighted by molar-refractivity contribution is 0.0983. The number of fused-ring (bicyclic) bond motifs is 1. The van der Waals surface area contributed by atoms with Crippen molar-refractivity contribution in [3.8, 4) is 0 Å². The van der Waals surface area contributed by atoms with Crippen LogP contribution in [0.1, 0.15) is 23.0 Å². The van der Waals surface area contributed by atoms with E-state index in [2.05, 4.69) is 32.4 Å². The number of carbonyl (C=O) groups is 1. The third kappa shape index (κ3) is 4.11. The fraction of sp³-hybridized carbons (Fsp3) is 0.174. The van der Waals surface area contributed by atoms with Gasteiger partial charge in [-0.3, -0.25) is 4.79 Å². The van der Waals surface area contributed by atoms with Crippen LogP contribution in [0.5, 0.6) is 0 Å². The monoisotopic (exact) mass is 385 g/mol. The summed E-state index contributed by atoms with van der Waals surface area (Å²) in [6.07, 6.45) is 4.48. The summed E-state index contributed by atoms with van der Waals surface area (Å²) in [6.45, 7) is 3.19. The number of amides is 1. The minimum absolute atomic E-state index is 0.138. The molecule has 29 heavy (non-hydrogen) atoms. The van der Waals surface area contributed by atoms with Crippen LogP contribution in [0.25, 0.3) is 10.9 Å². The summed E-state index contributed by atoms with van der Waals surface area (Å²) in [5.74, 6) is 0.320. The molecule has 4 rings (SSSR count). The molecule has 2 aromatic heterocycles. The average Bonchev–Trinajstić information content (AvgIpc) is 3.18. The number of hydrogen-bond donors (Lipinski definition) is 2. The number of hydrogen-bond acceptors (Lipinski definition) is 4. The topological polar surface area (TPSA) is 73.9 Å². The highest BCUT2D eigenvalue weighted by atomic mass is 16.2. The van der Waals surface area contributed by atoms with Gasteiger partial charge in [-0.2, -0.15) is 0 Å². The van der Waals surface area contributed by atoms with Crippen LogP contribution >= 0.6 is 0 Å². The van der Waals surface area contributed by atoms with Crippen LogP contribution < -0.4 is 10.2 Å². The first-order valence-electron chi connectivity index (χ1n) is 9.75. The van der Waals surface area contributed by atoms with Crippen LogP contribution in [0, 0.1) is 0 Å². The minimum Gasteiger partial charge on any atom is -0.361 e. The van der Waals surface area contributed by atoms with Gasteiger partial charge in [0.2, 0.25) is 5.95 Å². The summed E-state index contributed by atoms with van der Waals surface area (Å²) in [5, 5.41) is 4.46. The molecule has 0 radical (unpaired) electrons. The molecule has 0 atom stereocenters. The van der Waals surface area contributed by atoms with Crippen molar-refractivity contribution in [1.82, 2.24) is 15.0 Å². The lowest BCUT2D eigenvalue weighted by atomic mass is 10.1. The Balaban J connectivity index is 1.43. The Labute approximate surface area is 169 Å². The van der Waals surface area contributed by atoms with Gasteiger partial charge in [0.05, 0.1) is 0 Å². The first kappa shape index (κ1) is 18.7. The fourth-order valence-corrected chi connectivity index (χ4v) is 3.40. The molecule has 146 valence electrons. The smallest absolute Gasteiger partial charge is 0.277 e. The van der Waals surface area contributed by atoms with E-state index in [0.29, 0.717) is 24.7 Å². The maximum atomic E-state index is 12.9. The van der Waals surface area contributed by atoms with Gasteiger partial charge in [0.25, 0.3) is 5.91 Å². The number of anilines is 2. The number of aromatic amines is 1. The summed E-state index contributed by atoms with van der Waals surface area (Å²) in [5.41, 5.74) is 3.60. The highest BCUT2D eigenvalue weighted by molar-refractivity contribution is 6.04. The van der Waals surface area contributed by atoms with Crippen molar-refractivity contribution >= 4 is 28.4 Å². The second kappa shape index (κ2) is 8.56. The highest BCUT2D eigenvalue weighted by Crippen LogP contribution is 2.18. The zero-order chi connectivity index (χ0) is 20.1. The lowest BCUT2D eigenvalue weighted by Gasteiger charge is -2.20. The van der Waals surface area contributed by atoms with E-state index in [1.165, 1.54) is 10.9 Å². The molecule has 0 aliphatic heterocycles. The molecular weight excluding hydrogens is 362 g/mol. The van der Waals surface area contributed by atoms with Crippen molar-refractivity contribution in [1.29, 1.82) is 0 Å². The molecule has 0 unspecified atom stereocenters. The molecule has 2 heterocycles. The molecule has 4 aromatic rings. The van der Waals surface area contributed by atoms with Crippen LogP contribution in [-0.2, 0) is 6.42 Å². The predicted molar refractivity (Wildman–Crippen MR) is 116 cm³/mol. The van der Waals surface area contributed by atoms with Crippen molar-refractivity contribution in [2.24, 2.45) is 0 Å². The van der Waals surface area contributed by atoms with Crippen LogP contribution in [0.15, 0.2) is 73.1 Å². The van der Waals surface area contributed by atoms with E-state index >= 15 is 0 Å². The molecule has 0 saturated carbocycles. The molecule has 2 N–H and O–H groups in total. The Morgan fingerprint density at radius 2 is 1.86 bits per heavy atom. The maximum absolute atomic E-state index is 12.9. The molecule has 1 amide bonds. The number of aromatic nitrogens is 3. The number of carbonyl (C=O) groups excluding carboxylic acids is 1. The van der Waals surface area contributed by atoms with Gasteiger partial charge >= 0.3 is 0 Å². The fourth-order valence-electron chi connectivity index (χ4n) is 3.40. The summed E-state index contributed by atoms with van der Waals surface area (Å²) in [7, 11) is 0. The third-order valence-corrected chi connectivity index (χ3v) is 4.86. The van der Waals surface area contributed by atoms with E-state index < -0.39 is 0 Å². The van der Waals surface area contributed by atoms with Gasteiger partial charge in [-0.25, -0.2) is 9.97 Å². The molecule has 0 aliphatic carbocycles. The standard InChI is InChI=1S/C23H23N5O/c1-2-28(18-8-4-3-5-9-18)22(29)21-13-15-25-23(27-21)24-14-12-17-16-26-20-11-7-6-10-19(17)20/h3-11,13,15-16,26H,2,12,14H2,1H3,(H,24,25,27). The number of H-pyrrole nitrogens is 1. The zero-order valence-corrected chi connectivity index (χ0v) is 16.3. The van der Waals surface area contributed by atoms with Gasteiger partial charge in [-0.1, -0.05) is 36.4 Å². The van der Waals surface area contributed by atoms with E-state index in [4.69, 9.17) is 0 Å². The zero-order valence-electron chi connectivity index (χ0n) is 16.3.